The third kappa shape index (κ3) is 4.81. The van der Waals surface area contributed by atoms with Crippen molar-refractivity contribution >= 4 is 23.3 Å². The Kier molecular flexibility index (Phi) is 6.00. The van der Waals surface area contributed by atoms with Crippen molar-refractivity contribution in [1.29, 1.82) is 5.26 Å². The number of benzene rings is 2. The molecule has 0 aliphatic heterocycles. The number of carbonyl (C=O) groups is 1. The average molecular weight is 436 g/mol. The lowest BCUT2D eigenvalue weighted by atomic mass is 10.1. The number of ether oxygens (including phenoxy) is 1. The number of nitrogens with zero attached hydrogens (tertiary/aromatic N) is 3. The van der Waals surface area contributed by atoms with Crippen LogP contribution in [-0.4, -0.2) is 15.3 Å². The number of nitriles is 1. The third-order valence-electron chi connectivity index (χ3n) is 4.93. The van der Waals surface area contributed by atoms with E-state index < -0.39 is 11.5 Å². The van der Waals surface area contributed by atoms with Gasteiger partial charge in [0.25, 0.3) is 11.5 Å². The van der Waals surface area contributed by atoms with E-state index >= 15 is 0 Å². The van der Waals surface area contributed by atoms with Crippen molar-refractivity contribution < 1.29 is 9.53 Å². The van der Waals surface area contributed by atoms with Gasteiger partial charge in [0.15, 0.2) is 0 Å². The van der Waals surface area contributed by atoms with Crippen LogP contribution in [-0.2, 0) is 4.79 Å². The maximum absolute atomic E-state index is 13.2. The van der Waals surface area contributed by atoms with Crippen LogP contribution in [0.2, 0.25) is 0 Å². The molecule has 0 saturated carbocycles. The Bertz CT molecular complexity index is 1460. The van der Waals surface area contributed by atoms with Crippen LogP contribution >= 0.6 is 0 Å². The number of hydrogen-bond donors (Lipinski definition) is 1. The Morgan fingerprint density at radius 3 is 2.36 bits per heavy atom. The molecule has 162 valence electrons. The molecule has 0 radical (unpaired) electrons. The SMILES string of the molecule is Cc1ccc(NC(=O)/C(C#N)=C/c2c(Oc3ccc(C)cc3)nc3ccccn3c2=O)cc1. The first-order valence-corrected chi connectivity index (χ1v) is 10.2. The molecule has 0 aliphatic rings. The number of carbonyl (C=O) groups excluding carboxylic acids is 1. The lowest BCUT2D eigenvalue weighted by Crippen LogP contribution is -2.20. The third-order valence-corrected chi connectivity index (χ3v) is 4.93. The van der Waals surface area contributed by atoms with Gasteiger partial charge in [0.2, 0.25) is 5.88 Å². The average Bonchev–Trinajstić information content (AvgIpc) is 2.82. The molecule has 7 heteroatoms. The van der Waals surface area contributed by atoms with Crippen LogP contribution in [0.3, 0.4) is 0 Å². The van der Waals surface area contributed by atoms with Crippen molar-refractivity contribution in [3.05, 3.63) is 106 Å². The summed E-state index contributed by atoms with van der Waals surface area (Å²) in [6.07, 6.45) is 2.78. The van der Waals surface area contributed by atoms with Gasteiger partial charge in [-0.05, 0) is 56.3 Å². The highest BCUT2D eigenvalue weighted by atomic mass is 16.5. The topological polar surface area (TPSA) is 96.5 Å². The highest BCUT2D eigenvalue weighted by molar-refractivity contribution is 6.09. The summed E-state index contributed by atoms with van der Waals surface area (Å²) in [6.45, 7) is 3.88. The standard InChI is InChI=1S/C26H20N4O3/c1-17-6-10-20(11-7-17)28-24(31)19(16-27)15-22-25(33-21-12-8-18(2)9-13-21)29-23-5-3-4-14-30(23)26(22)32/h3-15H,1-2H3,(H,28,31)/b19-15+. The maximum Gasteiger partial charge on any atom is 0.269 e. The summed E-state index contributed by atoms with van der Waals surface area (Å²) in [6, 6.07) is 21.4. The van der Waals surface area contributed by atoms with E-state index in [1.54, 1.807) is 48.7 Å². The lowest BCUT2D eigenvalue weighted by Gasteiger charge is -2.10. The summed E-state index contributed by atoms with van der Waals surface area (Å²) in [5.41, 5.74) is 2.29. The summed E-state index contributed by atoms with van der Waals surface area (Å²) >= 11 is 0. The minimum absolute atomic E-state index is 0.00474. The van der Waals surface area contributed by atoms with Crippen LogP contribution in [0.25, 0.3) is 11.7 Å². The number of rotatable bonds is 5. The van der Waals surface area contributed by atoms with Gasteiger partial charge >= 0.3 is 0 Å². The molecule has 2 aromatic carbocycles. The zero-order chi connectivity index (χ0) is 23.4. The Labute approximate surface area is 190 Å². The predicted octanol–water partition coefficient (Wildman–Crippen LogP) is 4.65. The minimum Gasteiger partial charge on any atom is -0.438 e. The van der Waals surface area contributed by atoms with Gasteiger partial charge in [0.1, 0.15) is 28.6 Å². The first kappa shape index (κ1) is 21.5. The summed E-state index contributed by atoms with van der Waals surface area (Å²) in [4.78, 5) is 30.4. The van der Waals surface area contributed by atoms with Crippen LogP contribution in [0.4, 0.5) is 5.69 Å². The van der Waals surface area contributed by atoms with E-state index in [0.29, 0.717) is 17.1 Å². The van der Waals surface area contributed by atoms with Crippen LogP contribution in [0.5, 0.6) is 11.6 Å². The van der Waals surface area contributed by atoms with Crippen molar-refractivity contribution in [3.63, 3.8) is 0 Å². The molecule has 33 heavy (non-hydrogen) atoms. The molecule has 0 aliphatic carbocycles. The Balaban J connectivity index is 1.78. The summed E-state index contributed by atoms with van der Waals surface area (Å²) in [5.74, 6) is -0.156. The van der Waals surface area contributed by atoms with Crippen molar-refractivity contribution in [2.24, 2.45) is 0 Å². The van der Waals surface area contributed by atoms with Crippen molar-refractivity contribution in [1.82, 2.24) is 9.38 Å². The van der Waals surface area contributed by atoms with Crippen LogP contribution < -0.4 is 15.6 Å². The van der Waals surface area contributed by atoms with Crippen molar-refractivity contribution in [2.75, 3.05) is 5.32 Å². The van der Waals surface area contributed by atoms with Gasteiger partial charge in [0.05, 0.1) is 0 Å². The summed E-state index contributed by atoms with van der Waals surface area (Å²) < 4.78 is 7.23. The van der Waals surface area contributed by atoms with E-state index in [2.05, 4.69) is 10.3 Å². The highest BCUT2D eigenvalue weighted by Gasteiger charge is 2.17. The predicted molar refractivity (Wildman–Crippen MR) is 126 cm³/mol. The quantitative estimate of drug-likeness (QED) is 0.363. The van der Waals surface area contributed by atoms with Crippen LogP contribution in [0, 0.1) is 25.2 Å². The van der Waals surface area contributed by atoms with E-state index in [0.717, 1.165) is 11.1 Å². The Hall–Kier alpha value is -4.70. The first-order chi connectivity index (χ1) is 15.9. The zero-order valence-corrected chi connectivity index (χ0v) is 18.1. The molecule has 1 N–H and O–H groups in total. The van der Waals surface area contributed by atoms with Gasteiger partial charge in [-0.25, -0.2) is 0 Å². The minimum atomic E-state index is -0.639. The number of fused-ring (bicyclic) bond motifs is 1. The monoisotopic (exact) mass is 436 g/mol. The number of aromatic nitrogens is 2. The number of amides is 1. The first-order valence-electron chi connectivity index (χ1n) is 10.2. The fourth-order valence-corrected chi connectivity index (χ4v) is 3.13. The molecule has 0 fully saturated rings. The largest absolute Gasteiger partial charge is 0.438 e. The summed E-state index contributed by atoms with van der Waals surface area (Å²) in [5, 5.41) is 12.3. The molecule has 0 unspecified atom stereocenters. The summed E-state index contributed by atoms with van der Waals surface area (Å²) in [7, 11) is 0. The molecule has 2 aromatic heterocycles. The second-order valence-electron chi connectivity index (χ2n) is 7.47. The van der Waals surface area contributed by atoms with Gasteiger partial charge in [-0.15, -0.1) is 0 Å². The van der Waals surface area contributed by atoms with Crippen molar-refractivity contribution in [3.8, 4) is 17.7 Å². The van der Waals surface area contributed by atoms with Gasteiger partial charge in [-0.3, -0.25) is 14.0 Å². The number of hydrogen-bond acceptors (Lipinski definition) is 5. The van der Waals surface area contributed by atoms with E-state index in [-0.39, 0.29) is 17.0 Å². The lowest BCUT2D eigenvalue weighted by molar-refractivity contribution is -0.112. The highest BCUT2D eigenvalue weighted by Crippen LogP contribution is 2.24. The van der Waals surface area contributed by atoms with Gasteiger partial charge in [-0.2, -0.15) is 10.2 Å². The molecule has 7 nitrogen and oxygen atoms in total. The fourth-order valence-electron chi connectivity index (χ4n) is 3.13. The van der Waals surface area contributed by atoms with E-state index in [1.165, 1.54) is 10.5 Å². The second kappa shape index (κ2) is 9.20. The van der Waals surface area contributed by atoms with Gasteiger partial charge in [0, 0.05) is 11.9 Å². The molecular formula is C26H20N4O3. The molecule has 0 bridgehead atoms. The number of aryl methyl sites for hydroxylation is 2. The number of nitrogens with one attached hydrogen (secondary N) is 1. The molecule has 1 amide bonds. The normalized spacial score (nSPS) is 11.1. The molecule has 4 aromatic rings. The molecular weight excluding hydrogens is 416 g/mol. The molecule has 0 spiro atoms. The van der Waals surface area contributed by atoms with E-state index in [1.807, 2.05) is 44.2 Å². The smallest absolute Gasteiger partial charge is 0.269 e. The molecule has 4 rings (SSSR count). The van der Waals surface area contributed by atoms with Crippen LogP contribution in [0.15, 0.2) is 83.3 Å². The molecule has 0 saturated heterocycles. The number of anilines is 1. The molecule has 2 heterocycles. The number of pyridine rings is 1. The zero-order valence-electron chi connectivity index (χ0n) is 18.1. The van der Waals surface area contributed by atoms with Crippen LogP contribution in [0.1, 0.15) is 16.7 Å². The van der Waals surface area contributed by atoms with Crippen molar-refractivity contribution in [2.45, 2.75) is 13.8 Å². The Morgan fingerprint density at radius 2 is 1.70 bits per heavy atom. The van der Waals surface area contributed by atoms with Gasteiger partial charge < -0.3 is 10.1 Å². The Morgan fingerprint density at radius 1 is 1.03 bits per heavy atom. The molecule has 0 atom stereocenters. The second-order valence-corrected chi connectivity index (χ2v) is 7.47. The van der Waals surface area contributed by atoms with E-state index in [9.17, 15) is 14.9 Å². The fraction of sp³-hybridized carbons (Fsp3) is 0.0769. The van der Waals surface area contributed by atoms with Gasteiger partial charge in [-0.1, -0.05) is 41.5 Å². The van der Waals surface area contributed by atoms with E-state index in [4.69, 9.17) is 4.74 Å². The maximum atomic E-state index is 13.2.